The minimum absolute atomic E-state index is 0.000729. The summed E-state index contributed by atoms with van der Waals surface area (Å²) >= 11 is 3.31. The van der Waals surface area contributed by atoms with Crippen LogP contribution in [0.1, 0.15) is 22.6 Å². The van der Waals surface area contributed by atoms with Gasteiger partial charge in [-0.25, -0.2) is 12.8 Å². The third-order valence-corrected chi connectivity index (χ3v) is 8.17. The van der Waals surface area contributed by atoms with Crippen molar-refractivity contribution < 1.29 is 17.5 Å². The van der Waals surface area contributed by atoms with Crippen LogP contribution in [0.25, 0.3) is 5.76 Å². The minimum Gasteiger partial charge on any atom is -0.439 e. The van der Waals surface area contributed by atoms with Crippen molar-refractivity contribution in [3.8, 4) is 6.07 Å². The number of anilines is 1. The lowest BCUT2D eigenvalue weighted by Gasteiger charge is -2.38. The first-order valence-electron chi connectivity index (χ1n) is 10.3. The lowest BCUT2D eigenvalue weighted by molar-refractivity contribution is 0.357. The number of benzene rings is 3. The number of rotatable bonds is 3. The standard InChI is InChI=1S/C25H17BrFN3O3S/c26-16-10-11-20(27)18(12-16)22-19(13-28)25(29)33-23-17-8-4-5-9-21(17)30(34(31,32)24(22)23)14-15-6-2-1-3-7-15/h1-12,22H,14,29H2/t22-/m0/s1. The van der Waals surface area contributed by atoms with Gasteiger partial charge in [-0.15, -0.1) is 0 Å². The zero-order valence-corrected chi connectivity index (χ0v) is 20.0. The van der Waals surface area contributed by atoms with Gasteiger partial charge in [0, 0.05) is 15.6 Å². The van der Waals surface area contributed by atoms with Gasteiger partial charge in [-0.05, 0) is 35.9 Å². The summed E-state index contributed by atoms with van der Waals surface area (Å²) in [5.74, 6) is -2.19. The average Bonchev–Trinajstić information content (AvgIpc) is 2.83. The number of hydrogen-bond acceptors (Lipinski definition) is 5. The van der Waals surface area contributed by atoms with Gasteiger partial charge in [-0.2, -0.15) is 5.26 Å². The van der Waals surface area contributed by atoms with Crippen LogP contribution >= 0.6 is 15.9 Å². The van der Waals surface area contributed by atoms with E-state index in [1.54, 1.807) is 24.3 Å². The molecule has 3 aromatic carbocycles. The molecule has 0 fully saturated rings. The second kappa shape index (κ2) is 8.31. The Morgan fingerprint density at radius 3 is 2.53 bits per heavy atom. The third kappa shape index (κ3) is 3.47. The Balaban J connectivity index is 1.80. The second-order valence-electron chi connectivity index (χ2n) is 7.80. The monoisotopic (exact) mass is 537 g/mol. The number of nitrogens with zero attached hydrogens (tertiary/aromatic N) is 2. The maximum absolute atomic E-state index is 15.1. The van der Waals surface area contributed by atoms with Gasteiger partial charge < -0.3 is 10.5 Å². The van der Waals surface area contributed by atoms with E-state index in [1.807, 2.05) is 36.4 Å². The number of para-hydroxylation sites is 1. The molecule has 6 nitrogen and oxygen atoms in total. The van der Waals surface area contributed by atoms with E-state index in [-0.39, 0.29) is 34.2 Å². The summed E-state index contributed by atoms with van der Waals surface area (Å²) in [5.41, 5.74) is 7.58. The SMILES string of the molecule is N#CC1=C(N)OC2=C([C@H]1c1cc(Br)ccc1F)S(=O)(=O)N(Cc1ccccc1)c1ccccc12. The third-order valence-electron chi connectivity index (χ3n) is 5.80. The molecule has 0 radical (unpaired) electrons. The summed E-state index contributed by atoms with van der Waals surface area (Å²) in [6.07, 6.45) is 0. The molecule has 0 spiro atoms. The number of allylic oxidation sites excluding steroid dienone is 2. The molecule has 34 heavy (non-hydrogen) atoms. The average molecular weight is 538 g/mol. The minimum atomic E-state index is -4.26. The zero-order chi connectivity index (χ0) is 24.0. The lowest BCUT2D eigenvalue weighted by Crippen LogP contribution is -2.39. The summed E-state index contributed by atoms with van der Waals surface area (Å²) < 4.78 is 50.9. The quantitative estimate of drug-likeness (QED) is 0.500. The molecule has 0 bridgehead atoms. The molecule has 0 aromatic heterocycles. The summed E-state index contributed by atoms with van der Waals surface area (Å²) in [4.78, 5) is -0.218. The highest BCUT2D eigenvalue weighted by Gasteiger charge is 2.47. The van der Waals surface area contributed by atoms with Crippen LogP contribution in [-0.4, -0.2) is 8.42 Å². The Morgan fingerprint density at radius 1 is 1.09 bits per heavy atom. The van der Waals surface area contributed by atoms with Crippen molar-refractivity contribution in [2.24, 2.45) is 5.73 Å². The van der Waals surface area contributed by atoms with Gasteiger partial charge in [0.1, 0.15) is 22.4 Å². The summed E-state index contributed by atoms with van der Waals surface area (Å²) in [5, 5.41) is 9.88. The molecule has 0 unspecified atom stereocenters. The normalized spacial score (nSPS) is 18.6. The van der Waals surface area contributed by atoms with Crippen molar-refractivity contribution in [2.45, 2.75) is 12.5 Å². The van der Waals surface area contributed by atoms with Crippen LogP contribution in [-0.2, 0) is 21.3 Å². The fourth-order valence-corrected chi connectivity index (χ4v) is 6.56. The first-order chi connectivity index (χ1) is 16.3. The Hall–Kier alpha value is -3.61. The summed E-state index contributed by atoms with van der Waals surface area (Å²) in [6.45, 7) is 0.0474. The van der Waals surface area contributed by atoms with Crippen LogP contribution in [0.2, 0.25) is 0 Å². The molecule has 2 N–H and O–H groups in total. The highest BCUT2D eigenvalue weighted by atomic mass is 79.9. The fourth-order valence-electron chi connectivity index (χ4n) is 4.28. The Morgan fingerprint density at radius 2 is 1.79 bits per heavy atom. The summed E-state index contributed by atoms with van der Waals surface area (Å²) in [7, 11) is -4.26. The van der Waals surface area contributed by atoms with Crippen LogP contribution < -0.4 is 10.0 Å². The van der Waals surface area contributed by atoms with E-state index >= 15 is 4.39 Å². The van der Waals surface area contributed by atoms with E-state index in [0.717, 1.165) is 5.56 Å². The summed E-state index contributed by atoms with van der Waals surface area (Å²) in [6, 6.07) is 22.1. The van der Waals surface area contributed by atoms with Gasteiger partial charge >= 0.3 is 0 Å². The first kappa shape index (κ1) is 22.2. The van der Waals surface area contributed by atoms with Gasteiger partial charge in [-0.3, -0.25) is 4.31 Å². The largest absolute Gasteiger partial charge is 0.439 e. The predicted octanol–water partition coefficient (Wildman–Crippen LogP) is 5.11. The van der Waals surface area contributed by atoms with Crippen molar-refractivity contribution in [3.05, 3.63) is 116 Å². The number of nitrogens with two attached hydrogens (primary N) is 1. The first-order valence-corrected chi connectivity index (χ1v) is 12.5. The number of ether oxygens (including phenoxy) is 1. The number of halogens is 2. The van der Waals surface area contributed by atoms with Crippen LogP contribution in [0.3, 0.4) is 0 Å². The van der Waals surface area contributed by atoms with Crippen molar-refractivity contribution >= 4 is 37.4 Å². The van der Waals surface area contributed by atoms with Gasteiger partial charge in [0.15, 0.2) is 5.76 Å². The molecule has 170 valence electrons. The van der Waals surface area contributed by atoms with E-state index in [9.17, 15) is 13.7 Å². The van der Waals surface area contributed by atoms with Crippen LogP contribution in [0, 0.1) is 17.1 Å². The van der Waals surface area contributed by atoms with E-state index in [0.29, 0.717) is 15.7 Å². The molecule has 0 amide bonds. The van der Waals surface area contributed by atoms with E-state index in [4.69, 9.17) is 10.5 Å². The maximum Gasteiger partial charge on any atom is 0.265 e. The van der Waals surface area contributed by atoms with Gasteiger partial charge in [0.05, 0.1) is 18.2 Å². The molecule has 0 saturated heterocycles. The molecule has 0 saturated carbocycles. The molecular weight excluding hydrogens is 521 g/mol. The smallest absolute Gasteiger partial charge is 0.265 e. The molecule has 1 atom stereocenters. The van der Waals surface area contributed by atoms with Crippen molar-refractivity contribution in [3.63, 3.8) is 0 Å². The molecule has 0 aliphatic carbocycles. The second-order valence-corrected chi connectivity index (χ2v) is 10.5. The topological polar surface area (TPSA) is 96.4 Å². The highest BCUT2D eigenvalue weighted by Crippen LogP contribution is 2.51. The number of nitriles is 1. The molecule has 2 aliphatic heterocycles. The van der Waals surface area contributed by atoms with Crippen molar-refractivity contribution in [1.29, 1.82) is 5.26 Å². The van der Waals surface area contributed by atoms with Gasteiger partial charge in [-0.1, -0.05) is 58.4 Å². The van der Waals surface area contributed by atoms with Crippen LogP contribution in [0.5, 0.6) is 0 Å². The lowest BCUT2D eigenvalue weighted by atomic mass is 9.88. The fraction of sp³-hybridized carbons (Fsp3) is 0.0800. The molecule has 9 heteroatoms. The number of hydrogen-bond donors (Lipinski definition) is 1. The van der Waals surface area contributed by atoms with Crippen LogP contribution in [0.4, 0.5) is 10.1 Å². The predicted molar refractivity (Wildman–Crippen MR) is 130 cm³/mol. The van der Waals surface area contributed by atoms with Crippen molar-refractivity contribution in [1.82, 2.24) is 0 Å². The molecule has 2 aliphatic rings. The number of fused-ring (bicyclic) bond motifs is 2. The Kier molecular flexibility index (Phi) is 5.42. The Labute approximate surface area is 204 Å². The molecule has 2 heterocycles. The molecule has 5 rings (SSSR count). The highest BCUT2D eigenvalue weighted by molar-refractivity contribution is 9.10. The molecule has 3 aromatic rings. The maximum atomic E-state index is 15.1. The van der Waals surface area contributed by atoms with E-state index in [1.165, 1.54) is 22.5 Å². The van der Waals surface area contributed by atoms with Gasteiger partial charge in [0.2, 0.25) is 5.88 Å². The van der Waals surface area contributed by atoms with Crippen molar-refractivity contribution in [2.75, 3.05) is 4.31 Å². The Bertz CT molecular complexity index is 1530. The van der Waals surface area contributed by atoms with Crippen LogP contribution in [0.15, 0.2) is 93.6 Å². The number of sulfonamides is 1. The van der Waals surface area contributed by atoms with E-state index in [2.05, 4.69) is 15.9 Å². The zero-order valence-electron chi connectivity index (χ0n) is 17.6. The molecular formula is C25H17BrFN3O3S. The van der Waals surface area contributed by atoms with E-state index < -0.39 is 21.8 Å². The van der Waals surface area contributed by atoms with Gasteiger partial charge in [0.25, 0.3) is 10.0 Å².